The van der Waals surface area contributed by atoms with E-state index in [0.717, 1.165) is 30.8 Å². The summed E-state index contributed by atoms with van der Waals surface area (Å²) in [5, 5.41) is 7.24. The molecule has 0 unspecified atom stereocenters. The molecule has 150 valence electrons. The van der Waals surface area contributed by atoms with E-state index in [0.29, 0.717) is 12.6 Å². The van der Waals surface area contributed by atoms with Crippen molar-refractivity contribution in [3.05, 3.63) is 46.7 Å². The molecule has 1 aromatic heterocycles. The van der Waals surface area contributed by atoms with Crippen molar-refractivity contribution in [1.29, 1.82) is 0 Å². The number of hydrogen-bond donors (Lipinski definition) is 2. The van der Waals surface area contributed by atoms with Gasteiger partial charge in [-0.25, -0.2) is 9.37 Å². The van der Waals surface area contributed by atoms with E-state index in [1.807, 2.05) is 0 Å². The van der Waals surface area contributed by atoms with E-state index < -0.39 is 11.7 Å². The van der Waals surface area contributed by atoms with Gasteiger partial charge in [0.15, 0.2) is 5.13 Å². The minimum Gasteiger partial charge on any atom is -0.351 e. The summed E-state index contributed by atoms with van der Waals surface area (Å²) >= 11 is 1.13. The summed E-state index contributed by atoms with van der Waals surface area (Å²) in [6.45, 7) is 4.94. The molecule has 0 aliphatic carbocycles. The summed E-state index contributed by atoms with van der Waals surface area (Å²) in [7, 11) is 0. The summed E-state index contributed by atoms with van der Waals surface area (Å²) in [5.74, 6) is -1.46. The molecule has 2 aromatic rings. The first-order valence-corrected chi connectivity index (χ1v) is 10.5. The number of benzene rings is 1. The Morgan fingerprint density at radius 2 is 2.11 bits per heavy atom. The average Bonchev–Trinajstić information content (AvgIpc) is 3.15. The first-order valence-electron chi connectivity index (χ1n) is 9.58. The summed E-state index contributed by atoms with van der Waals surface area (Å²) in [4.78, 5) is 30.9. The van der Waals surface area contributed by atoms with Crippen LogP contribution in [-0.4, -0.2) is 47.4 Å². The molecule has 3 rings (SSSR count). The Kier molecular flexibility index (Phi) is 7.11. The van der Waals surface area contributed by atoms with Crippen LogP contribution < -0.4 is 10.6 Å². The van der Waals surface area contributed by atoms with Gasteiger partial charge in [-0.15, -0.1) is 11.3 Å². The number of amides is 2. The zero-order chi connectivity index (χ0) is 19.9. The van der Waals surface area contributed by atoms with Crippen molar-refractivity contribution in [3.8, 4) is 0 Å². The van der Waals surface area contributed by atoms with E-state index in [-0.39, 0.29) is 22.3 Å². The van der Waals surface area contributed by atoms with Crippen molar-refractivity contribution in [2.75, 3.05) is 25.0 Å². The Morgan fingerprint density at radius 3 is 2.89 bits per heavy atom. The SMILES string of the molecule is C[C@@H]1CCCCN1CCCNC(=O)c1csc(NC(=O)c2ccccc2F)n1. The molecule has 1 aromatic carbocycles. The highest BCUT2D eigenvalue weighted by atomic mass is 32.1. The van der Waals surface area contributed by atoms with Crippen molar-refractivity contribution >= 4 is 28.3 Å². The molecule has 0 spiro atoms. The van der Waals surface area contributed by atoms with E-state index >= 15 is 0 Å². The van der Waals surface area contributed by atoms with E-state index in [2.05, 4.69) is 27.4 Å². The molecule has 0 radical (unpaired) electrons. The predicted octanol–water partition coefficient (Wildman–Crippen LogP) is 3.53. The van der Waals surface area contributed by atoms with Crippen molar-refractivity contribution in [3.63, 3.8) is 0 Å². The van der Waals surface area contributed by atoms with Gasteiger partial charge in [-0.2, -0.15) is 0 Å². The standard InChI is InChI=1S/C20H25FN4O2S/c1-14-7-4-5-11-25(14)12-6-10-22-19(27)17-13-28-20(23-17)24-18(26)15-8-2-3-9-16(15)21/h2-3,8-9,13-14H,4-7,10-12H2,1H3,(H,22,27)(H,23,24,26)/t14-/m1/s1. The monoisotopic (exact) mass is 404 g/mol. The second-order valence-electron chi connectivity index (χ2n) is 6.96. The van der Waals surface area contributed by atoms with Crippen LogP contribution in [0.2, 0.25) is 0 Å². The van der Waals surface area contributed by atoms with Crippen LogP contribution in [0.3, 0.4) is 0 Å². The van der Waals surface area contributed by atoms with Gasteiger partial charge >= 0.3 is 0 Å². The highest BCUT2D eigenvalue weighted by Gasteiger charge is 2.18. The molecule has 2 N–H and O–H groups in total. The Hall–Kier alpha value is -2.32. The largest absolute Gasteiger partial charge is 0.351 e. The first kappa shape index (κ1) is 20.4. The molecule has 1 fully saturated rings. The summed E-state index contributed by atoms with van der Waals surface area (Å²) < 4.78 is 13.7. The molecule has 1 saturated heterocycles. The number of thiazole rings is 1. The van der Waals surface area contributed by atoms with Crippen molar-refractivity contribution in [2.24, 2.45) is 0 Å². The van der Waals surface area contributed by atoms with E-state index in [1.165, 1.54) is 37.5 Å². The van der Waals surface area contributed by atoms with Gasteiger partial charge < -0.3 is 10.2 Å². The first-order chi connectivity index (χ1) is 13.5. The van der Waals surface area contributed by atoms with Crippen molar-refractivity contribution < 1.29 is 14.0 Å². The van der Waals surface area contributed by atoms with Gasteiger partial charge in [-0.3, -0.25) is 14.9 Å². The number of rotatable bonds is 7. The lowest BCUT2D eigenvalue weighted by atomic mass is 10.0. The molecule has 1 aliphatic heterocycles. The van der Waals surface area contributed by atoms with Gasteiger partial charge in [0.2, 0.25) is 0 Å². The normalized spacial score (nSPS) is 17.3. The maximum absolute atomic E-state index is 13.7. The highest BCUT2D eigenvalue weighted by molar-refractivity contribution is 7.14. The number of anilines is 1. The zero-order valence-corrected chi connectivity index (χ0v) is 16.7. The fourth-order valence-electron chi connectivity index (χ4n) is 3.31. The van der Waals surface area contributed by atoms with Crippen LogP contribution in [0.25, 0.3) is 0 Å². The molecule has 0 bridgehead atoms. The maximum atomic E-state index is 13.7. The van der Waals surface area contributed by atoms with Gasteiger partial charge in [0.25, 0.3) is 11.8 Å². The van der Waals surface area contributed by atoms with Crippen LogP contribution in [0.4, 0.5) is 9.52 Å². The summed E-state index contributed by atoms with van der Waals surface area (Å²) in [6.07, 6.45) is 4.68. The number of likely N-dealkylation sites (tertiary alicyclic amines) is 1. The molecule has 6 nitrogen and oxygen atoms in total. The summed E-state index contributed by atoms with van der Waals surface area (Å²) in [6, 6.07) is 6.34. The third kappa shape index (κ3) is 5.36. The minimum absolute atomic E-state index is 0.0596. The van der Waals surface area contributed by atoms with Crippen LogP contribution in [-0.2, 0) is 0 Å². The molecule has 28 heavy (non-hydrogen) atoms. The fourth-order valence-corrected chi connectivity index (χ4v) is 4.00. The number of piperidine rings is 1. The van der Waals surface area contributed by atoms with Crippen LogP contribution >= 0.6 is 11.3 Å². The molecule has 2 heterocycles. The number of hydrogen-bond acceptors (Lipinski definition) is 5. The van der Waals surface area contributed by atoms with Crippen LogP contribution in [0.15, 0.2) is 29.6 Å². The van der Waals surface area contributed by atoms with Gasteiger partial charge in [-0.1, -0.05) is 18.6 Å². The lowest BCUT2D eigenvalue weighted by Crippen LogP contribution is -2.39. The molecular weight excluding hydrogens is 379 g/mol. The Labute approximate surface area is 168 Å². The molecule has 8 heteroatoms. The maximum Gasteiger partial charge on any atom is 0.270 e. The van der Waals surface area contributed by atoms with Crippen molar-refractivity contribution in [1.82, 2.24) is 15.2 Å². The Balaban J connectivity index is 1.45. The number of halogens is 1. The number of aromatic nitrogens is 1. The third-order valence-electron chi connectivity index (χ3n) is 4.92. The Bertz CT molecular complexity index is 826. The predicted molar refractivity (Wildman–Crippen MR) is 108 cm³/mol. The number of carbonyl (C=O) groups excluding carboxylic acids is 2. The van der Waals surface area contributed by atoms with Crippen LogP contribution in [0.1, 0.15) is 53.5 Å². The minimum atomic E-state index is -0.599. The molecular formula is C20H25FN4O2S. The topological polar surface area (TPSA) is 74.3 Å². The molecule has 1 atom stereocenters. The van der Waals surface area contributed by atoms with Gasteiger partial charge in [0.05, 0.1) is 5.56 Å². The molecule has 2 amide bonds. The quantitative estimate of drug-likeness (QED) is 0.693. The lowest BCUT2D eigenvalue weighted by molar-refractivity contribution is 0.0943. The van der Waals surface area contributed by atoms with Gasteiger partial charge in [-0.05, 0) is 44.9 Å². The van der Waals surface area contributed by atoms with E-state index in [4.69, 9.17) is 0 Å². The highest BCUT2D eigenvalue weighted by Crippen LogP contribution is 2.18. The zero-order valence-electron chi connectivity index (χ0n) is 15.9. The van der Waals surface area contributed by atoms with Gasteiger partial charge in [0, 0.05) is 24.5 Å². The second-order valence-corrected chi connectivity index (χ2v) is 7.82. The number of carbonyl (C=O) groups is 2. The number of nitrogens with zero attached hydrogens (tertiary/aromatic N) is 2. The lowest BCUT2D eigenvalue weighted by Gasteiger charge is -2.33. The number of nitrogens with one attached hydrogen (secondary N) is 2. The summed E-state index contributed by atoms with van der Waals surface area (Å²) in [5.41, 5.74) is 0.191. The second kappa shape index (κ2) is 9.75. The van der Waals surface area contributed by atoms with Gasteiger partial charge in [0.1, 0.15) is 11.5 Å². The average molecular weight is 405 g/mol. The Morgan fingerprint density at radius 1 is 1.29 bits per heavy atom. The molecule has 1 aliphatic rings. The smallest absolute Gasteiger partial charge is 0.270 e. The van der Waals surface area contributed by atoms with Crippen LogP contribution in [0, 0.1) is 5.82 Å². The van der Waals surface area contributed by atoms with E-state index in [1.54, 1.807) is 11.4 Å². The molecule has 0 saturated carbocycles. The fraction of sp³-hybridized carbons (Fsp3) is 0.450. The van der Waals surface area contributed by atoms with Crippen LogP contribution in [0.5, 0.6) is 0 Å². The van der Waals surface area contributed by atoms with Crippen molar-refractivity contribution in [2.45, 2.75) is 38.6 Å². The van der Waals surface area contributed by atoms with E-state index in [9.17, 15) is 14.0 Å². The third-order valence-corrected chi connectivity index (χ3v) is 5.68.